The van der Waals surface area contributed by atoms with Crippen molar-refractivity contribution >= 4 is 7.82 Å². The van der Waals surface area contributed by atoms with Gasteiger partial charge in [-0.05, 0) is 119 Å². The van der Waals surface area contributed by atoms with Gasteiger partial charge in [-0.3, -0.25) is 9.42 Å². The Balaban J connectivity index is 0.994. The van der Waals surface area contributed by atoms with E-state index in [-0.39, 0.29) is 66.0 Å². The van der Waals surface area contributed by atoms with Crippen LogP contribution in [0.3, 0.4) is 0 Å². The number of ether oxygens (including phenoxy) is 4. The number of rotatable bonds is 9. The van der Waals surface area contributed by atoms with Gasteiger partial charge >= 0.3 is 7.82 Å². The molecule has 0 aromatic heterocycles. The van der Waals surface area contributed by atoms with Gasteiger partial charge in [0, 0.05) is 24.7 Å². The van der Waals surface area contributed by atoms with E-state index in [0.29, 0.717) is 24.7 Å². The molecule has 18 atom stereocenters. The molecule has 8 heterocycles. The highest BCUT2D eigenvalue weighted by atomic mass is 31.2. The minimum absolute atomic E-state index is 0.0175. The zero-order valence-corrected chi connectivity index (χ0v) is 33.0. The third-order valence-electron chi connectivity index (χ3n) is 15.2. The summed E-state index contributed by atoms with van der Waals surface area (Å²) in [5, 5.41) is 0. The molecule has 10 fully saturated rings. The van der Waals surface area contributed by atoms with Crippen LogP contribution in [0.4, 0.5) is 0 Å². The van der Waals surface area contributed by atoms with Crippen LogP contribution >= 0.6 is 7.82 Å². The first-order chi connectivity index (χ1) is 25.2. The van der Waals surface area contributed by atoms with Crippen molar-refractivity contribution in [1.82, 2.24) is 0 Å². The third-order valence-corrected chi connectivity index (χ3v) is 16.1. The highest BCUT2D eigenvalue weighted by Crippen LogP contribution is 2.63. The van der Waals surface area contributed by atoms with Gasteiger partial charge in [0.2, 0.25) is 11.6 Å². The molecule has 2 aliphatic carbocycles. The van der Waals surface area contributed by atoms with E-state index in [9.17, 15) is 9.46 Å². The Morgan fingerprint density at radius 1 is 0.717 bits per heavy atom. The molecule has 11 rings (SSSR count). The van der Waals surface area contributed by atoms with Gasteiger partial charge in [-0.25, -0.2) is 24.1 Å². The van der Waals surface area contributed by atoms with Crippen LogP contribution in [0.15, 0.2) is 30.3 Å². The number of para-hydroxylation sites is 1. The van der Waals surface area contributed by atoms with Crippen LogP contribution in [-0.4, -0.2) is 59.1 Å². The lowest BCUT2D eigenvalue weighted by Crippen LogP contribution is -2.70. The van der Waals surface area contributed by atoms with Crippen LogP contribution < -0.4 is 4.52 Å². The van der Waals surface area contributed by atoms with Gasteiger partial charge in [-0.1, -0.05) is 45.9 Å². The first-order valence-corrected chi connectivity index (χ1v) is 21.9. The smallest absolute Gasteiger partial charge is 0.404 e. The molecule has 10 aliphatic rings. The van der Waals surface area contributed by atoms with Gasteiger partial charge in [-0.15, -0.1) is 0 Å². The van der Waals surface area contributed by atoms with E-state index in [0.717, 1.165) is 51.4 Å². The monoisotopic (exact) mass is 762 g/mol. The van der Waals surface area contributed by atoms with Crippen molar-refractivity contribution in [2.75, 3.05) is 6.61 Å². The van der Waals surface area contributed by atoms with Crippen molar-refractivity contribution in [1.29, 1.82) is 0 Å². The number of phosphoric ester groups is 1. The minimum Gasteiger partial charge on any atom is -0.404 e. The molecule has 2 saturated carbocycles. The fourth-order valence-corrected chi connectivity index (χ4v) is 13.1. The van der Waals surface area contributed by atoms with Gasteiger partial charge in [0.1, 0.15) is 5.75 Å². The highest BCUT2D eigenvalue weighted by molar-refractivity contribution is 7.47. The summed E-state index contributed by atoms with van der Waals surface area (Å²) in [4.78, 5) is 35.9. The predicted molar refractivity (Wildman–Crippen MR) is 189 cm³/mol. The molecule has 13 heteroatoms. The molecular weight excluding hydrogens is 703 g/mol. The molecule has 0 radical (unpaired) electrons. The summed E-state index contributed by atoms with van der Waals surface area (Å²) in [6, 6.07) is 8.61. The molecule has 4 bridgehead atoms. The second-order valence-electron chi connectivity index (χ2n) is 18.4. The Bertz CT molecular complexity index is 1470. The van der Waals surface area contributed by atoms with Crippen molar-refractivity contribution in [2.45, 2.75) is 153 Å². The SMILES string of the molecule is C[C@H]1[C@@H](CC(COP(=O)(O)Oc2ccccc2)C[C@H]2O[C@@H]3O[C@]4(C)CC[C@H]5[C@H](C)CC[C@@H]([C@H]2C)[C@@]35OO4)O[C@@H]2O[C@@]3(C)CC[C@H]4[C@H](C)CC[C@@H]1[C@@]24OO3. The summed E-state index contributed by atoms with van der Waals surface area (Å²) < 4.78 is 52.1. The van der Waals surface area contributed by atoms with E-state index in [1.807, 2.05) is 19.9 Å². The largest absolute Gasteiger partial charge is 0.527 e. The van der Waals surface area contributed by atoms with Crippen LogP contribution in [0.5, 0.6) is 5.75 Å². The molecule has 1 N–H and O–H groups in total. The average Bonchev–Trinajstić information content (AvgIpc) is 3.50. The zero-order valence-electron chi connectivity index (χ0n) is 32.1. The van der Waals surface area contributed by atoms with Crippen LogP contribution in [0.2, 0.25) is 0 Å². The maximum absolute atomic E-state index is 13.4. The molecule has 296 valence electrons. The summed E-state index contributed by atoms with van der Waals surface area (Å²) in [5.41, 5.74) is -1.34. The third kappa shape index (κ3) is 6.20. The van der Waals surface area contributed by atoms with Crippen LogP contribution in [-0.2, 0) is 47.6 Å². The lowest BCUT2D eigenvalue weighted by atomic mass is 9.56. The number of fused-ring (bicyclic) bond motifs is 4. The molecule has 1 aromatic rings. The number of benzene rings is 1. The molecule has 8 aliphatic heterocycles. The standard InChI is InChI=1S/C40H59O12P/c1-23-12-14-31-25(3)33(44-35-39(31)29(23)16-18-37(5,46-35)49-51-39)20-27(22-43-53(41,42)48-28-10-8-7-9-11-28)21-34-26(4)32-15-13-24(2)30-17-19-38(6)47-36(45-34)40(30,32)52-50-38/h7-11,23-27,29-36H,12-22H2,1-6H3,(H,41,42)/t23-,24-,25-,26-,27?,29+,30+,31+,32+,33-,34-,35-,36-,37-,38+,39-,40-/m1/s1. The molecule has 12 nitrogen and oxygen atoms in total. The molecular formula is C40H59O12P. The highest BCUT2D eigenvalue weighted by Gasteiger charge is 2.71. The molecule has 8 saturated heterocycles. The van der Waals surface area contributed by atoms with Crippen LogP contribution in [0, 0.1) is 53.3 Å². The molecule has 2 spiro atoms. The molecule has 0 amide bonds. The van der Waals surface area contributed by atoms with Gasteiger partial charge in [0.25, 0.3) is 0 Å². The van der Waals surface area contributed by atoms with Gasteiger partial charge < -0.3 is 23.5 Å². The fraction of sp³-hybridized carbons (Fsp3) is 0.850. The molecule has 2 unspecified atom stereocenters. The second-order valence-corrected chi connectivity index (χ2v) is 19.8. The van der Waals surface area contributed by atoms with Crippen LogP contribution in [0.1, 0.15) is 106 Å². The maximum Gasteiger partial charge on any atom is 0.527 e. The first kappa shape index (κ1) is 37.4. The number of phosphoric acid groups is 1. The van der Waals surface area contributed by atoms with Crippen molar-refractivity contribution in [2.24, 2.45) is 53.3 Å². The van der Waals surface area contributed by atoms with Gasteiger partial charge in [0.05, 0.1) is 18.8 Å². The van der Waals surface area contributed by atoms with Crippen molar-refractivity contribution in [3.05, 3.63) is 30.3 Å². The normalized spacial score (nSPS) is 51.6. The Hall–Kier alpha value is -1.15. The topological polar surface area (TPSA) is 130 Å². The summed E-state index contributed by atoms with van der Waals surface area (Å²) in [6.45, 7) is 13.0. The second kappa shape index (κ2) is 13.5. The molecule has 1 aromatic carbocycles. The van der Waals surface area contributed by atoms with Gasteiger partial charge in [0.15, 0.2) is 23.8 Å². The summed E-state index contributed by atoms with van der Waals surface area (Å²) in [5.74, 6) is 0.320. The Labute approximate surface area is 313 Å². The first-order valence-electron chi connectivity index (χ1n) is 20.4. The van der Waals surface area contributed by atoms with Crippen molar-refractivity contribution in [3.8, 4) is 5.75 Å². The zero-order chi connectivity index (χ0) is 37.0. The van der Waals surface area contributed by atoms with E-state index in [2.05, 4.69) is 27.7 Å². The average molecular weight is 763 g/mol. The molecule has 53 heavy (non-hydrogen) atoms. The lowest BCUT2D eigenvalue weighted by Gasteiger charge is -2.61. The van der Waals surface area contributed by atoms with Crippen LogP contribution in [0.25, 0.3) is 0 Å². The lowest BCUT2D eigenvalue weighted by molar-refractivity contribution is -0.571. The summed E-state index contributed by atoms with van der Waals surface area (Å²) in [6.07, 6.45) is 7.17. The van der Waals surface area contributed by atoms with E-state index in [4.69, 9.17) is 47.5 Å². The van der Waals surface area contributed by atoms with E-state index < -0.39 is 43.2 Å². The Morgan fingerprint density at radius 3 is 1.70 bits per heavy atom. The quantitative estimate of drug-likeness (QED) is 0.193. The summed E-state index contributed by atoms with van der Waals surface area (Å²) >= 11 is 0. The summed E-state index contributed by atoms with van der Waals surface area (Å²) in [7, 11) is -4.45. The van der Waals surface area contributed by atoms with E-state index in [1.165, 1.54) is 0 Å². The van der Waals surface area contributed by atoms with Crippen molar-refractivity contribution < 1.29 is 57.0 Å². The predicted octanol–water partition coefficient (Wildman–Crippen LogP) is 8.08. The maximum atomic E-state index is 13.4. The van der Waals surface area contributed by atoms with E-state index in [1.54, 1.807) is 24.3 Å². The van der Waals surface area contributed by atoms with E-state index >= 15 is 0 Å². The Morgan fingerprint density at radius 2 is 1.21 bits per heavy atom. The minimum atomic E-state index is -4.45. The van der Waals surface area contributed by atoms with Gasteiger partial charge in [-0.2, -0.15) is 0 Å². The van der Waals surface area contributed by atoms with Crippen molar-refractivity contribution in [3.63, 3.8) is 0 Å². The number of hydrogen-bond donors (Lipinski definition) is 1. The Kier molecular flexibility index (Phi) is 9.51. The number of hydrogen-bond acceptors (Lipinski definition) is 11. The fourth-order valence-electron chi connectivity index (χ4n) is 12.2.